The van der Waals surface area contributed by atoms with Crippen LogP contribution in [0.5, 0.6) is 0 Å². The highest BCUT2D eigenvalue weighted by atomic mass is 16.4. The normalized spacial score (nSPS) is 16.7. The Kier molecular flexibility index (Phi) is 8.81. The molecule has 1 heterocycles. The van der Waals surface area contributed by atoms with Gasteiger partial charge in [0.05, 0.1) is 0 Å². The fraction of sp³-hybridized carbons (Fsp3) is 0.929. The third-order valence-corrected chi connectivity index (χ3v) is 3.11. The molecule has 0 atom stereocenters. The first-order chi connectivity index (χ1) is 8.38. The lowest BCUT2D eigenvalue weighted by Crippen LogP contribution is -2.44. The van der Waals surface area contributed by atoms with Crippen LogP contribution >= 0.6 is 0 Å². The molecular weight excluding hydrogens is 228 g/mol. The molecule has 4 heteroatoms. The van der Waals surface area contributed by atoms with Crippen LogP contribution in [0, 0.1) is 0 Å². The quantitative estimate of drug-likeness (QED) is 0.763. The summed E-state index contributed by atoms with van der Waals surface area (Å²) in [6.45, 7) is 12.1. The van der Waals surface area contributed by atoms with E-state index >= 15 is 0 Å². The molecule has 18 heavy (non-hydrogen) atoms. The number of piperidine rings is 1. The maximum atomic E-state index is 9.76. The molecule has 0 aliphatic carbocycles. The number of likely N-dealkylation sites (tertiary alicyclic amines) is 1. The summed E-state index contributed by atoms with van der Waals surface area (Å²) in [7, 11) is 0. The van der Waals surface area contributed by atoms with Gasteiger partial charge in [0, 0.05) is 12.1 Å². The average Bonchev–Trinajstić information content (AvgIpc) is 2.30. The van der Waals surface area contributed by atoms with E-state index in [0.717, 1.165) is 12.8 Å². The van der Waals surface area contributed by atoms with Crippen molar-refractivity contribution < 1.29 is 9.90 Å². The topological polar surface area (TPSA) is 52.6 Å². The molecule has 1 rings (SSSR count). The summed E-state index contributed by atoms with van der Waals surface area (Å²) < 4.78 is 0. The first kappa shape index (κ1) is 17.2. The predicted octanol–water partition coefficient (Wildman–Crippen LogP) is 3.32. The molecule has 0 spiro atoms. The standard InChI is InChI=1S/C9H19N.C5H11NO2/c1-9(2,3)10-7-5-4-6-8-10;1-2-3-4-6-5(7)8/h4-8H2,1-3H3;6H,2-4H2,1H3,(H,7,8). The Labute approximate surface area is 112 Å². The van der Waals surface area contributed by atoms with Crippen molar-refractivity contribution in [2.45, 2.75) is 65.3 Å². The lowest BCUT2D eigenvalue weighted by Gasteiger charge is -2.38. The summed E-state index contributed by atoms with van der Waals surface area (Å²) in [6.07, 6.45) is 5.26. The zero-order chi connectivity index (χ0) is 14.0. The summed E-state index contributed by atoms with van der Waals surface area (Å²) in [6, 6.07) is 0. The highest BCUT2D eigenvalue weighted by molar-refractivity contribution is 5.64. The number of hydrogen-bond acceptors (Lipinski definition) is 2. The molecular formula is C14H30N2O2. The van der Waals surface area contributed by atoms with E-state index < -0.39 is 6.09 Å². The van der Waals surface area contributed by atoms with Crippen LogP contribution in [-0.4, -0.2) is 41.3 Å². The Morgan fingerprint density at radius 1 is 1.22 bits per heavy atom. The van der Waals surface area contributed by atoms with E-state index in [2.05, 4.69) is 31.0 Å². The van der Waals surface area contributed by atoms with Gasteiger partial charge in [0.15, 0.2) is 0 Å². The second-order valence-corrected chi connectivity index (χ2v) is 5.80. The fourth-order valence-electron chi connectivity index (χ4n) is 1.94. The van der Waals surface area contributed by atoms with Crippen LogP contribution < -0.4 is 5.32 Å². The van der Waals surface area contributed by atoms with E-state index in [1.807, 2.05) is 6.92 Å². The van der Waals surface area contributed by atoms with Crippen LogP contribution in [0.3, 0.4) is 0 Å². The Hall–Kier alpha value is -0.770. The van der Waals surface area contributed by atoms with Gasteiger partial charge in [0.2, 0.25) is 0 Å². The van der Waals surface area contributed by atoms with Gasteiger partial charge in [-0.25, -0.2) is 4.79 Å². The van der Waals surface area contributed by atoms with Crippen LogP contribution in [0.1, 0.15) is 59.8 Å². The van der Waals surface area contributed by atoms with Gasteiger partial charge in [-0.1, -0.05) is 19.8 Å². The second kappa shape index (κ2) is 9.20. The highest BCUT2D eigenvalue weighted by Gasteiger charge is 2.21. The molecule has 0 saturated carbocycles. The third-order valence-electron chi connectivity index (χ3n) is 3.11. The lowest BCUT2D eigenvalue weighted by molar-refractivity contribution is 0.111. The second-order valence-electron chi connectivity index (χ2n) is 5.80. The molecule has 4 nitrogen and oxygen atoms in total. The first-order valence-electron chi connectivity index (χ1n) is 7.09. The minimum Gasteiger partial charge on any atom is -0.465 e. The average molecular weight is 258 g/mol. The highest BCUT2D eigenvalue weighted by Crippen LogP contribution is 2.18. The van der Waals surface area contributed by atoms with E-state index in [1.54, 1.807) is 0 Å². The SMILES string of the molecule is CC(C)(C)N1CCCCC1.CCCCNC(=O)O. The van der Waals surface area contributed by atoms with Crippen LogP contribution in [0.25, 0.3) is 0 Å². The molecule has 0 unspecified atom stereocenters. The third kappa shape index (κ3) is 9.28. The van der Waals surface area contributed by atoms with Gasteiger partial charge in [-0.15, -0.1) is 0 Å². The number of unbranched alkanes of at least 4 members (excludes halogenated alkanes) is 1. The smallest absolute Gasteiger partial charge is 0.404 e. The van der Waals surface area contributed by atoms with E-state index in [4.69, 9.17) is 5.11 Å². The van der Waals surface area contributed by atoms with Crippen LogP contribution in [0.15, 0.2) is 0 Å². The van der Waals surface area contributed by atoms with Gasteiger partial charge in [-0.2, -0.15) is 0 Å². The van der Waals surface area contributed by atoms with Crippen molar-refractivity contribution in [3.05, 3.63) is 0 Å². The van der Waals surface area contributed by atoms with Crippen molar-refractivity contribution in [2.75, 3.05) is 19.6 Å². The van der Waals surface area contributed by atoms with Crippen molar-refractivity contribution in [3.8, 4) is 0 Å². The van der Waals surface area contributed by atoms with Crippen molar-refractivity contribution in [2.24, 2.45) is 0 Å². The van der Waals surface area contributed by atoms with E-state index in [1.165, 1.54) is 32.4 Å². The molecule has 108 valence electrons. The summed E-state index contributed by atoms with van der Waals surface area (Å²) in [5.74, 6) is 0. The first-order valence-corrected chi connectivity index (χ1v) is 7.09. The molecule has 0 bridgehead atoms. The molecule has 1 amide bonds. The fourth-order valence-corrected chi connectivity index (χ4v) is 1.94. The molecule has 2 N–H and O–H groups in total. The van der Waals surface area contributed by atoms with E-state index in [0.29, 0.717) is 12.1 Å². The maximum Gasteiger partial charge on any atom is 0.404 e. The molecule has 0 aromatic heterocycles. The largest absolute Gasteiger partial charge is 0.465 e. The molecule has 0 aromatic carbocycles. The van der Waals surface area contributed by atoms with Crippen molar-refractivity contribution in [3.63, 3.8) is 0 Å². The predicted molar refractivity (Wildman–Crippen MR) is 76.1 cm³/mol. The van der Waals surface area contributed by atoms with Gasteiger partial charge in [0.25, 0.3) is 0 Å². The van der Waals surface area contributed by atoms with Gasteiger partial charge < -0.3 is 10.4 Å². The Balaban J connectivity index is 0.000000331. The lowest BCUT2D eigenvalue weighted by atomic mass is 10.0. The van der Waals surface area contributed by atoms with E-state index in [-0.39, 0.29) is 0 Å². The molecule has 1 aliphatic rings. The molecule has 1 fully saturated rings. The number of carboxylic acid groups (broad SMARTS) is 1. The molecule has 1 aliphatic heterocycles. The van der Waals surface area contributed by atoms with Crippen molar-refractivity contribution in [1.29, 1.82) is 0 Å². The Morgan fingerprint density at radius 3 is 2.11 bits per heavy atom. The van der Waals surface area contributed by atoms with Crippen molar-refractivity contribution in [1.82, 2.24) is 10.2 Å². The van der Waals surface area contributed by atoms with Crippen LogP contribution in [-0.2, 0) is 0 Å². The number of hydrogen-bond donors (Lipinski definition) is 2. The zero-order valence-corrected chi connectivity index (χ0v) is 12.5. The number of nitrogens with one attached hydrogen (secondary N) is 1. The summed E-state index contributed by atoms with van der Waals surface area (Å²) in [5, 5.41) is 10.3. The molecule has 0 radical (unpaired) electrons. The Morgan fingerprint density at radius 2 is 1.78 bits per heavy atom. The summed E-state index contributed by atoms with van der Waals surface area (Å²) in [4.78, 5) is 12.3. The van der Waals surface area contributed by atoms with Crippen LogP contribution in [0.4, 0.5) is 4.79 Å². The van der Waals surface area contributed by atoms with Gasteiger partial charge in [-0.05, 0) is 53.1 Å². The van der Waals surface area contributed by atoms with Gasteiger partial charge >= 0.3 is 6.09 Å². The monoisotopic (exact) mass is 258 g/mol. The van der Waals surface area contributed by atoms with Gasteiger partial charge in [0.1, 0.15) is 0 Å². The number of carbonyl (C=O) groups is 1. The number of rotatable bonds is 3. The van der Waals surface area contributed by atoms with Gasteiger partial charge in [-0.3, -0.25) is 4.90 Å². The minimum atomic E-state index is -0.932. The molecule has 1 saturated heterocycles. The number of amides is 1. The Bertz CT molecular complexity index is 218. The van der Waals surface area contributed by atoms with Crippen LogP contribution in [0.2, 0.25) is 0 Å². The summed E-state index contributed by atoms with van der Waals surface area (Å²) in [5.41, 5.74) is 0.403. The number of nitrogens with zero attached hydrogens (tertiary/aromatic N) is 1. The summed E-state index contributed by atoms with van der Waals surface area (Å²) >= 11 is 0. The van der Waals surface area contributed by atoms with E-state index in [9.17, 15) is 4.79 Å². The minimum absolute atomic E-state index is 0.403. The molecule has 0 aromatic rings. The zero-order valence-electron chi connectivity index (χ0n) is 12.5. The maximum absolute atomic E-state index is 9.76. The van der Waals surface area contributed by atoms with Crippen molar-refractivity contribution >= 4 is 6.09 Å².